The summed E-state index contributed by atoms with van der Waals surface area (Å²) in [5, 5.41) is 0. The van der Waals surface area contributed by atoms with Crippen LogP contribution in [-0.2, 0) is 0 Å². The summed E-state index contributed by atoms with van der Waals surface area (Å²) in [5.41, 5.74) is 1.53. The molecule has 6 atom stereocenters. The van der Waals surface area contributed by atoms with Gasteiger partial charge in [0.25, 0.3) is 0 Å². The van der Waals surface area contributed by atoms with Crippen molar-refractivity contribution in [3.8, 4) is 0 Å². The molecule has 20 heavy (non-hydrogen) atoms. The summed E-state index contributed by atoms with van der Waals surface area (Å²) in [5.74, 6) is 4.44. The maximum Gasteiger partial charge on any atom is -0.0241 e. The molecule has 0 aromatic carbocycles. The van der Waals surface area contributed by atoms with Gasteiger partial charge in [-0.05, 0) is 92.3 Å². The van der Waals surface area contributed by atoms with Crippen LogP contribution < -0.4 is 0 Å². The zero-order valence-electron chi connectivity index (χ0n) is 13.8. The number of hydrogen-bond donors (Lipinski definition) is 0. The molecular formula is C20H34. The minimum atomic E-state index is 0.748. The predicted octanol–water partition coefficient (Wildman–Crippen LogP) is 6.20. The molecule has 0 aromatic rings. The van der Waals surface area contributed by atoms with Crippen LogP contribution in [0.5, 0.6) is 0 Å². The molecule has 114 valence electrons. The molecule has 0 bridgehead atoms. The van der Waals surface area contributed by atoms with E-state index in [0.29, 0.717) is 0 Å². The van der Waals surface area contributed by atoms with E-state index in [-0.39, 0.29) is 0 Å². The molecule has 4 aliphatic carbocycles. The molecule has 0 heteroatoms. The van der Waals surface area contributed by atoms with Gasteiger partial charge in [-0.1, -0.05) is 33.1 Å². The van der Waals surface area contributed by atoms with Crippen LogP contribution in [0.15, 0.2) is 0 Å². The fourth-order valence-electron chi connectivity index (χ4n) is 7.77. The van der Waals surface area contributed by atoms with Gasteiger partial charge in [0, 0.05) is 0 Å². The third-order valence-electron chi connectivity index (χ3n) is 8.72. The predicted molar refractivity (Wildman–Crippen MR) is 85.6 cm³/mol. The Morgan fingerprint density at radius 3 is 2.55 bits per heavy atom. The Kier molecular flexibility index (Phi) is 3.24. The van der Waals surface area contributed by atoms with Gasteiger partial charge in [0.1, 0.15) is 0 Å². The Bertz CT molecular complexity index is 372. The van der Waals surface area contributed by atoms with Crippen LogP contribution in [0.25, 0.3) is 0 Å². The lowest BCUT2D eigenvalue weighted by Gasteiger charge is -2.61. The molecule has 0 nitrogen and oxygen atoms in total. The SMILES string of the molecule is CC[C@]12CCCC[C@H]1CCC1C3CCCC3(C)CCC12. The Morgan fingerprint density at radius 2 is 1.70 bits per heavy atom. The van der Waals surface area contributed by atoms with E-state index in [9.17, 15) is 0 Å². The van der Waals surface area contributed by atoms with Gasteiger partial charge < -0.3 is 0 Å². The van der Waals surface area contributed by atoms with Crippen LogP contribution in [0.2, 0.25) is 0 Å². The van der Waals surface area contributed by atoms with E-state index in [1.807, 2.05) is 0 Å². The summed E-state index contributed by atoms with van der Waals surface area (Å²) in [7, 11) is 0. The van der Waals surface area contributed by atoms with E-state index < -0.39 is 0 Å². The Hall–Kier alpha value is 0. The highest BCUT2D eigenvalue weighted by Gasteiger charge is 2.57. The van der Waals surface area contributed by atoms with Gasteiger partial charge in [0.05, 0.1) is 0 Å². The lowest BCUT2D eigenvalue weighted by molar-refractivity contribution is -0.114. The second kappa shape index (κ2) is 4.75. The van der Waals surface area contributed by atoms with E-state index in [0.717, 1.165) is 34.5 Å². The van der Waals surface area contributed by atoms with Gasteiger partial charge in [-0.2, -0.15) is 0 Å². The Balaban J connectivity index is 1.66. The maximum absolute atomic E-state index is 2.65. The van der Waals surface area contributed by atoms with Crippen molar-refractivity contribution >= 4 is 0 Å². The van der Waals surface area contributed by atoms with Crippen molar-refractivity contribution in [3.05, 3.63) is 0 Å². The number of fused-ring (bicyclic) bond motifs is 5. The minimum absolute atomic E-state index is 0.748. The quantitative estimate of drug-likeness (QED) is 0.534. The normalized spacial score (nSPS) is 54.9. The van der Waals surface area contributed by atoms with Gasteiger partial charge >= 0.3 is 0 Å². The standard InChI is InChI=1S/C20H34/c1-3-20-13-5-4-7-15(20)9-10-16-17-8-6-12-19(17,2)14-11-18(16)20/h15-18H,3-14H2,1-2H3/t15-,16?,17?,18?,19?,20-/m0/s1. The zero-order chi connectivity index (χ0) is 13.8. The summed E-state index contributed by atoms with van der Waals surface area (Å²) < 4.78 is 0. The molecule has 0 saturated heterocycles. The molecule has 0 N–H and O–H groups in total. The fraction of sp³-hybridized carbons (Fsp3) is 1.00. The first kappa shape index (κ1) is 13.6. The molecule has 0 aromatic heterocycles. The van der Waals surface area contributed by atoms with Gasteiger partial charge in [-0.15, -0.1) is 0 Å². The molecule has 4 fully saturated rings. The van der Waals surface area contributed by atoms with E-state index >= 15 is 0 Å². The molecule has 0 amide bonds. The number of hydrogen-bond acceptors (Lipinski definition) is 0. The average Bonchev–Trinajstić information content (AvgIpc) is 2.88. The second-order valence-electron chi connectivity index (χ2n) is 9.07. The van der Waals surface area contributed by atoms with Crippen molar-refractivity contribution < 1.29 is 0 Å². The van der Waals surface area contributed by atoms with Crippen LogP contribution in [0, 0.1) is 34.5 Å². The maximum atomic E-state index is 2.65. The third kappa shape index (κ3) is 1.72. The third-order valence-corrected chi connectivity index (χ3v) is 8.72. The lowest BCUT2D eigenvalue weighted by atomic mass is 9.44. The van der Waals surface area contributed by atoms with Crippen LogP contribution in [0.4, 0.5) is 0 Å². The van der Waals surface area contributed by atoms with E-state index in [1.54, 1.807) is 51.4 Å². The molecule has 0 aliphatic heterocycles. The fourth-order valence-corrected chi connectivity index (χ4v) is 7.77. The van der Waals surface area contributed by atoms with Crippen molar-refractivity contribution in [3.63, 3.8) is 0 Å². The summed E-state index contributed by atoms with van der Waals surface area (Å²) in [6, 6.07) is 0. The summed E-state index contributed by atoms with van der Waals surface area (Å²) in [4.78, 5) is 0. The first-order chi connectivity index (χ1) is 9.70. The molecule has 4 aliphatic rings. The van der Waals surface area contributed by atoms with E-state index in [1.165, 1.54) is 25.7 Å². The Labute approximate surface area is 126 Å². The lowest BCUT2D eigenvalue weighted by Crippen LogP contribution is -2.52. The van der Waals surface area contributed by atoms with E-state index in [2.05, 4.69) is 13.8 Å². The van der Waals surface area contributed by atoms with Crippen LogP contribution in [-0.4, -0.2) is 0 Å². The molecule has 0 heterocycles. The molecule has 0 radical (unpaired) electrons. The second-order valence-corrected chi connectivity index (χ2v) is 9.07. The van der Waals surface area contributed by atoms with Crippen LogP contribution >= 0.6 is 0 Å². The van der Waals surface area contributed by atoms with Gasteiger partial charge in [-0.25, -0.2) is 0 Å². The van der Waals surface area contributed by atoms with Crippen LogP contribution in [0.1, 0.15) is 90.9 Å². The monoisotopic (exact) mass is 274 g/mol. The summed E-state index contributed by atoms with van der Waals surface area (Å²) in [6.45, 7) is 5.18. The smallest absolute Gasteiger partial charge is 0.0241 e. The van der Waals surface area contributed by atoms with Gasteiger partial charge in [-0.3, -0.25) is 0 Å². The van der Waals surface area contributed by atoms with Crippen molar-refractivity contribution in [2.45, 2.75) is 90.9 Å². The topological polar surface area (TPSA) is 0 Å². The summed E-state index contributed by atoms with van der Waals surface area (Å²) >= 11 is 0. The summed E-state index contributed by atoms with van der Waals surface area (Å²) in [6.07, 6.45) is 18.7. The Morgan fingerprint density at radius 1 is 0.800 bits per heavy atom. The van der Waals surface area contributed by atoms with E-state index in [4.69, 9.17) is 0 Å². The van der Waals surface area contributed by atoms with Gasteiger partial charge in [0.15, 0.2) is 0 Å². The minimum Gasteiger partial charge on any atom is -0.0648 e. The molecule has 4 saturated carbocycles. The van der Waals surface area contributed by atoms with Crippen molar-refractivity contribution in [2.75, 3.05) is 0 Å². The highest BCUT2D eigenvalue weighted by molar-refractivity contribution is 5.07. The first-order valence-corrected chi connectivity index (χ1v) is 9.70. The van der Waals surface area contributed by atoms with Crippen molar-refractivity contribution in [1.82, 2.24) is 0 Å². The highest BCUT2D eigenvalue weighted by Crippen LogP contribution is 2.67. The van der Waals surface area contributed by atoms with Crippen molar-refractivity contribution in [1.29, 1.82) is 0 Å². The first-order valence-electron chi connectivity index (χ1n) is 9.70. The number of rotatable bonds is 1. The molecular weight excluding hydrogens is 240 g/mol. The van der Waals surface area contributed by atoms with Crippen LogP contribution in [0.3, 0.4) is 0 Å². The zero-order valence-corrected chi connectivity index (χ0v) is 13.8. The average molecular weight is 274 g/mol. The van der Waals surface area contributed by atoms with Crippen molar-refractivity contribution in [2.24, 2.45) is 34.5 Å². The highest BCUT2D eigenvalue weighted by atomic mass is 14.6. The molecule has 4 unspecified atom stereocenters. The molecule has 0 spiro atoms. The van der Waals surface area contributed by atoms with Gasteiger partial charge in [0.2, 0.25) is 0 Å². The molecule has 4 rings (SSSR count). The largest absolute Gasteiger partial charge is 0.0648 e.